The molecule has 5 heteroatoms. The molecule has 0 aromatic rings. The van der Waals surface area contributed by atoms with Crippen molar-refractivity contribution in [3.05, 3.63) is 0 Å². The van der Waals surface area contributed by atoms with Crippen molar-refractivity contribution in [2.24, 2.45) is 4.99 Å². The van der Waals surface area contributed by atoms with E-state index in [0.29, 0.717) is 0 Å². The maximum Gasteiger partial charge on any atom is 0.185 e. The van der Waals surface area contributed by atoms with Crippen molar-refractivity contribution in [2.75, 3.05) is 13.7 Å². The van der Waals surface area contributed by atoms with Gasteiger partial charge in [-0.05, 0) is 13.8 Å². The molecule has 82 valence electrons. The summed E-state index contributed by atoms with van der Waals surface area (Å²) in [5, 5.41) is 18.8. The van der Waals surface area contributed by atoms with Crippen LogP contribution in [0.15, 0.2) is 4.99 Å². The third-order valence-electron chi connectivity index (χ3n) is 2.14. The lowest BCUT2D eigenvalue weighted by atomic mass is 10.1. The molecule has 4 atom stereocenters. The number of hydrogen-bond acceptors (Lipinski definition) is 5. The molecular weight excluding hydrogens is 186 g/mol. The van der Waals surface area contributed by atoms with Gasteiger partial charge in [0.25, 0.3) is 0 Å². The molecule has 0 aromatic heterocycles. The van der Waals surface area contributed by atoms with E-state index in [1.54, 1.807) is 0 Å². The molecule has 1 saturated heterocycles. The van der Waals surface area contributed by atoms with Crippen LogP contribution in [0.2, 0.25) is 0 Å². The van der Waals surface area contributed by atoms with Crippen LogP contribution in [-0.4, -0.2) is 54.2 Å². The van der Waals surface area contributed by atoms with E-state index in [-0.39, 0.29) is 6.61 Å². The highest BCUT2D eigenvalue weighted by Gasteiger charge is 2.43. The standard InChI is InChI=1S/C9H17NO4/c1-5(2)10-7-6(4-11)14-9(13-3)8(7)12/h6-9,11-12H,4H2,1-3H3/t6-,7-,8+,9-/m0/s1. The van der Waals surface area contributed by atoms with Gasteiger partial charge in [0.05, 0.1) is 6.61 Å². The topological polar surface area (TPSA) is 71.3 Å². The molecule has 0 radical (unpaired) electrons. The van der Waals surface area contributed by atoms with Crippen LogP contribution in [0.1, 0.15) is 13.8 Å². The molecule has 1 aliphatic rings. The molecule has 2 N–H and O–H groups in total. The maximum absolute atomic E-state index is 9.73. The molecule has 1 heterocycles. The van der Waals surface area contributed by atoms with Crippen LogP contribution < -0.4 is 0 Å². The van der Waals surface area contributed by atoms with Crippen LogP contribution in [0.5, 0.6) is 0 Å². The Labute approximate surface area is 83.4 Å². The molecule has 0 aliphatic carbocycles. The van der Waals surface area contributed by atoms with E-state index in [1.165, 1.54) is 7.11 Å². The molecule has 0 unspecified atom stereocenters. The number of nitrogens with zero attached hydrogens (tertiary/aromatic N) is 1. The van der Waals surface area contributed by atoms with E-state index in [1.807, 2.05) is 13.8 Å². The fourth-order valence-electron chi connectivity index (χ4n) is 1.52. The number of aliphatic imine (C=N–C) groups is 1. The Hall–Kier alpha value is -0.490. The minimum atomic E-state index is -0.813. The van der Waals surface area contributed by atoms with Crippen molar-refractivity contribution in [3.63, 3.8) is 0 Å². The summed E-state index contributed by atoms with van der Waals surface area (Å²) in [5.74, 6) is 0. The highest BCUT2D eigenvalue weighted by Crippen LogP contribution is 2.24. The second-order valence-electron chi connectivity index (χ2n) is 3.52. The third-order valence-corrected chi connectivity index (χ3v) is 2.14. The summed E-state index contributed by atoms with van der Waals surface area (Å²) < 4.78 is 10.2. The SMILES string of the molecule is CO[C@H]1O[C@@H](CO)[C@H](N=C(C)C)[C@H]1O. The van der Waals surface area contributed by atoms with E-state index < -0.39 is 24.5 Å². The molecule has 0 saturated carbocycles. The lowest BCUT2D eigenvalue weighted by Crippen LogP contribution is -2.33. The van der Waals surface area contributed by atoms with Crippen molar-refractivity contribution in [1.29, 1.82) is 0 Å². The first-order valence-corrected chi connectivity index (χ1v) is 4.58. The molecule has 0 spiro atoms. The van der Waals surface area contributed by atoms with Gasteiger partial charge in [0.1, 0.15) is 18.2 Å². The zero-order valence-electron chi connectivity index (χ0n) is 8.67. The number of ether oxygens (including phenoxy) is 2. The molecule has 0 bridgehead atoms. The highest BCUT2D eigenvalue weighted by molar-refractivity contribution is 5.79. The Kier molecular flexibility index (Phi) is 4.00. The van der Waals surface area contributed by atoms with Gasteiger partial charge in [-0.15, -0.1) is 0 Å². The van der Waals surface area contributed by atoms with Gasteiger partial charge in [0.15, 0.2) is 6.29 Å². The van der Waals surface area contributed by atoms with Crippen LogP contribution >= 0.6 is 0 Å². The van der Waals surface area contributed by atoms with E-state index >= 15 is 0 Å². The van der Waals surface area contributed by atoms with Gasteiger partial charge >= 0.3 is 0 Å². The monoisotopic (exact) mass is 203 g/mol. The second kappa shape index (κ2) is 4.84. The quantitative estimate of drug-likeness (QED) is 0.610. The average molecular weight is 203 g/mol. The van der Waals surface area contributed by atoms with E-state index in [0.717, 1.165) is 5.71 Å². The fourth-order valence-corrected chi connectivity index (χ4v) is 1.52. The first kappa shape index (κ1) is 11.6. The molecule has 1 aliphatic heterocycles. The molecule has 14 heavy (non-hydrogen) atoms. The van der Waals surface area contributed by atoms with Gasteiger partial charge in [-0.3, -0.25) is 4.99 Å². The predicted octanol–water partition coefficient (Wildman–Crippen LogP) is -0.440. The van der Waals surface area contributed by atoms with Gasteiger partial charge in [-0.1, -0.05) is 0 Å². The molecule has 1 rings (SSSR count). The summed E-state index contributed by atoms with van der Waals surface area (Å²) >= 11 is 0. The van der Waals surface area contributed by atoms with Crippen molar-refractivity contribution in [1.82, 2.24) is 0 Å². The summed E-state index contributed by atoms with van der Waals surface area (Å²) in [6, 6.07) is -0.435. The summed E-state index contributed by atoms with van der Waals surface area (Å²) in [6.45, 7) is 3.50. The van der Waals surface area contributed by atoms with Crippen LogP contribution in [0.3, 0.4) is 0 Å². The minimum Gasteiger partial charge on any atom is -0.394 e. The van der Waals surface area contributed by atoms with Crippen molar-refractivity contribution in [3.8, 4) is 0 Å². The number of hydrogen-bond donors (Lipinski definition) is 2. The fraction of sp³-hybridized carbons (Fsp3) is 0.889. The van der Waals surface area contributed by atoms with E-state index in [4.69, 9.17) is 14.6 Å². The first-order chi connectivity index (χ1) is 6.60. The Bertz CT molecular complexity index is 213. The van der Waals surface area contributed by atoms with Gasteiger partial charge in [0.2, 0.25) is 0 Å². The molecule has 0 aromatic carbocycles. The third kappa shape index (κ3) is 2.30. The van der Waals surface area contributed by atoms with Crippen molar-refractivity contribution < 1.29 is 19.7 Å². The van der Waals surface area contributed by atoms with Gasteiger partial charge in [-0.25, -0.2) is 0 Å². The highest BCUT2D eigenvalue weighted by atomic mass is 16.7. The first-order valence-electron chi connectivity index (χ1n) is 4.58. The van der Waals surface area contributed by atoms with Crippen LogP contribution in [-0.2, 0) is 9.47 Å². The Morgan fingerprint density at radius 1 is 1.50 bits per heavy atom. The van der Waals surface area contributed by atoms with Gasteiger partial charge < -0.3 is 19.7 Å². The second-order valence-corrected chi connectivity index (χ2v) is 3.52. The van der Waals surface area contributed by atoms with Crippen molar-refractivity contribution >= 4 is 5.71 Å². The summed E-state index contributed by atoms with van der Waals surface area (Å²) in [7, 11) is 1.45. The van der Waals surface area contributed by atoms with Gasteiger partial charge in [-0.2, -0.15) is 0 Å². The number of aliphatic hydroxyl groups is 2. The Morgan fingerprint density at radius 2 is 2.14 bits per heavy atom. The molecule has 5 nitrogen and oxygen atoms in total. The normalized spacial score (nSPS) is 37.2. The number of aliphatic hydroxyl groups excluding tert-OH is 2. The largest absolute Gasteiger partial charge is 0.394 e. The van der Waals surface area contributed by atoms with Crippen LogP contribution in [0, 0.1) is 0 Å². The summed E-state index contributed by atoms with van der Waals surface area (Å²) in [6.07, 6.45) is -1.99. The lowest BCUT2D eigenvalue weighted by Gasteiger charge is -2.14. The average Bonchev–Trinajstić information content (AvgIpc) is 2.43. The summed E-state index contributed by atoms with van der Waals surface area (Å²) in [4.78, 5) is 4.21. The minimum absolute atomic E-state index is 0.168. The Morgan fingerprint density at radius 3 is 2.57 bits per heavy atom. The predicted molar refractivity (Wildman–Crippen MR) is 51.3 cm³/mol. The summed E-state index contributed by atoms with van der Waals surface area (Å²) in [5.41, 5.74) is 0.841. The van der Waals surface area contributed by atoms with Crippen molar-refractivity contribution in [2.45, 2.75) is 38.4 Å². The van der Waals surface area contributed by atoms with Crippen LogP contribution in [0.4, 0.5) is 0 Å². The van der Waals surface area contributed by atoms with E-state index in [2.05, 4.69) is 4.99 Å². The Balaban J connectivity index is 2.75. The molecule has 1 fully saturated rings. The zero-order valence-corrected chi connectivity index (χ0v) is 8.67. The molecular formula is C9H17NO4. The smallest absolute Gasteiger partial charge is 0.185 e. The number of rotatable bonds is 3. The van der Waals surface area contributed by atoms with Crippen LogP contribution in [0.25, 0.3) is 0 Å². The lowest BCUT2D eigenvalue weighted by molar-refractivity contribution is -0.153. The molecule has 0 amide bonds. The number of methoxy groups -OCH3 is 1. The van der Waals surface area contributed by atoms with E-state index in [9.17, 15) is 5.11 Å². The maximum atomic E-state index is 9.73. The van der Waals surface area contributed by atoms with Gasteiger partial charge in [0, 0.05) is 12.8 Å². The zero-order chi connectivity index (χ0) is 10.7.